The van der Waals surface area contributed by atoms with Crippen LogP contribution in [0.25, 0.3) is 5.57 Å². The number of carbonyl (C=O) groups excluding carboxylic acids is 2. The van der Waals surface area contributed by atoms with Crippen LogP contribution in [0.5, 0.6) is 5.75 Å². The molecule has 1 aliphatic heterocycles. The maximum absolute atomic E-state index is 13.9. The third-order valence-corrected chi connectivity index (χ3v) is 5.64. The van der Waals surface area contributed by atoms with Crippen LogP contribution in [0, 0.1) is 11.6 Å². The molecule has 4 rings (SSSR count). The molecular formula is C23H20ClF2N5O3. The van der Waals surface area contributed by atoms with Crippen LogP contribution in [0.3, 0.4) is 0 Å². The van der Waals surface area contributed by atoms with Gasteiger partial charge in [-0.05, 0) is 36.3 Å². The third kappa shape index (κ3) is 4.49. The highest BCUT2D eigenvalue weighted by Gasteiger charge is 2.32. The molecule has 1 aromatic heterocycles. The van der Waals surface area contributed by atoms with E-state index in [1.54, 1.807) is 26.1 Å². The molecule has 0 unspecified atom stereocenters. The number of allylic oxidation sites excluding steroid dienone is 1. The molecule has 1 aliphatic rings. The minimum Gasteiger partial charge on any atom is -0.489 e. The van der Waals surface area contributed by atoms with Crippen molar-refractivity contribution >= 4 is 34.7 Å². The standard InChI is InChI=1S/C23H20ClF2N5O3/c1-12(2)13-7-19-20(8-15(13)24)34-10-18(23(33)30(19)3)28-22(32)21-27-11-31(29-21)9-14-16(25)5-4-6-17(14)26/h4-8,11,18H,1,9-10H2,2-3H3,(H,28,32)/t18-/m0/s1. The van der Waals surface area contributed by atoms with Crippen molar-refractivity contribution in [1.82, 2.24) is 20.1 Å². The molecule has 1 atom stereocenters. The van der Waals surface area contributed by atoms with E-state index in [0.29, 0.717) is 22.0 Å². The van der Waals surface area contributed by atoms with Crippen LogP contribution in [0.4, 0.5) is 14.5 Å². The molecule has 2 amide bonds. The molecule has 0 fully saturated rings. The number of anilines is 1. The van der Waals surface area contributed by atoms with Crippen LogP contribution in [0.15, 0.2) is 43.2 Å². The topological polar surface area (TPSA) is 89.3 Å². The Balaban J connectivity index is 1.50. The van der Waals surface area contributed by atoms with Gasteiger partial charge >= 0.3 is 0 Å². The van der Waals surface area contributed by atoms with Gasteiger partial charge in [-0.25, -0.2) is 18.4 Å². The molecule has 1 N–H and O–H groups in total. The van der Waals surface area contributed by atoms with E-state index in [4.69, 9.17) is 16.3 Å². The number of carbonyl (C=O) groups is 2. The SMILES string of the molecule is C=C(C)c1cc2c(cc1Cl)OC[C@H](NC(=O)c1ncn(Cc3c(F)cccc3F)n1)C(=O)N2C. The Morgan fingerprint density at radius 2 is 2.03 bits per heavy atom. The normalized spacial score (nSPS) is 15.4. The molecule has 3 aromatic rings. The lowest BCUT2D eigenvalue weighted by molar-refractivity contribution is -0.120. The molecule has 0 saturated carbocycles. The van der Waals surface area contributed by atoms with Crippen molar-refractivity contribution in [3.05, 3.63) is 76.8 Å². The Morgan fingerprint density at radius 3 is 2.71 bits per heavy atom. The lowest BCUT2D eigenvalue weighted by atomic mass is 10.1. The zero-order valence-corrected chi connectivity index (χ0v) is 19.1. The van der Waals surface area contributed by atoms with E-state index in [9.17, 15) is 18.4 Å². The molecule has 2 heterocycles. The molecule has 11 heteroatoms. The summed E-state index contributed by atoms with van der Waals surface area (Å²) in [6.45, 7) is 5.28. The Hall–Kier alpha value is -3.79. The summed E-state index contributed by atoms with van der Waals surface area (Å²) in [5.41, 5.74) is 1.67. The van der Waals surface area contributed by atoms with Crippen molar-refractivity contribution in [1.29, 1.82) is 0 Å². The summed E-state index contributed by atoms with van der Waals surface area (Å²) < 4.78 is 34.6. The van der Waals surface area contributed by atoms with Gasteiger partial charge in [0, 0.05) is 18.7 Å². The van der Waals surface area contributed by atoms with E-state index < -0.39 is 29.5 Å². The number of benzene rings is 2. The van der Waals surface area contributed by atoms with Gasteiger partial charge in [-0.1, -0.05) is 24.2 Å². The maximum atomic E-state index is 13.9. The molecule has 2 aromatic carbocycles. The van der Waals surface area contributed by atoms with Gasteiger partial charge in [-0.2, -0.15) is 0 Å². The minimum atomic E-state index is -1.03. The van der Waals surface area contributed by atoms with Gasteiger partial charge < -0.3 is 15.0 Å². The molecular weight excluding hydrogens is 468 g/mol. The second-order valence-corrected chi connectivity index (χ2v) is 8.19. The maximum Gasteiger partial charge on any atom is 0.291 e. The fourth-order valence-corrected chi connectivity index (χ4v) is 3.81. The highest BCUT2D eigenvalue weighted by molar-refractivity contribution is 6.32. The van der Waals surface area contributed by atoms with Gasteiger partial charge in [0.05, 0.1) is 17.3 Å². The van der Waals surface area contributed by atoms with E-state index in [0.717, 1.165) is 22.4 Å². The van der Waals surface area contributed by atoms with Crippen LogP contribution in [-0.2, 0) is 11.3 Å². The summed E-state index contributed by atoms with van der Waals surface area (Å²) in [5, 5.41) is 6.95. The average Bonchev–Trinajstić information content (AvgIpc) is 3.23. The van der Waals surface area contributed by atoms with E-state index in [1.165, 1.54) is 17.3 Å². The van der Waals surface area contributed by atoms with E-state index in [1.807, 2.05) is 0 Å². The van der Waals surface area contributed by atoms with Gasteiger partial charge in [-0.3, -0.25) is 9.59 Å². The van der Waals surface area contributed by atoms with Crippen LogP contribution in [-0.4, -0.2) is 46.3 Å². The zero-order chi connectivity index (χ0) is 24.6. The lowest BCUT2D eigenvalue weighted by Gasteiger charge is -2.20. The molecule has 8 nitrogen and oxygen atoms in total. The van der Waals surface area contributed by atoms with Crippen LogP contribution in [0.2, 0.25) is 5.02 Å². The number of amides is 2. The van der Waals surface area contributed by atoms with Gasteiger partial charge in [0.1, 0.15) is 36.4 Å². The quantitative estimate of drug-likeness (QED) is 0.595. The van der Waals surface area contributed by atoms with Gasteiger partial charge in [0.2, 0.25) is 5.82 Å². The smallest absolute Gasteiger partial charge is 0.291 e. The number of halogens is 3. The first kappa shape index (κ1) is 23.4. The molecule has 34 heavy (non-hydrogen) atoms. The molecule has 0 radical (unpaired) electrons. The van der Waals surface area contributed by atoms with Gasteiger partial charge in [-0.15, -0.1) is 5.10 Å². The third-order valence-electron chi connectivity index (χ3n) is 5.33. The first-order valence-electron chi connectivity index (χ1n) is 10.2. The lowest BCUT2D eigenvalue weighted by Crippen LogP contribution is -2.49. The first-order chi connectivity index (χ1) is 16.2. The Labute approximate surface area is 198 Å². The molecule has 176 valence electrons. The van der Waals surface area contributed by atoms with Crippen molar-refractivity contribution in [3.63, 3.8) is 0 Å². The molecule has 0 saturated heterocycles. The van der Waals surface area contributed by atoms with Crippen molar-refractivity contribution in [2.45, 2.75) is 19.5 Å². The summed E-state index contributed by atoms with van der Waals surface area (Å²) in [5.74, 6) is -2.51. The predicted octanol–water partition coefficient (Wildman–Crippen LogP) is 3.44. The minimum absolute atomic E-state index is 0.147. The Kier molecular flexibility index (Phi) is 6.34. The predicted molar refractivity (Wildman–Crippen MR) is 122 cm³/mol. The second kappa shape index (κ2) is 9.22. The number of ether oxygens (including phenoxy) is 1. The van der Waals surface area contributed by atoms with Crippen LogP contribution >= 0.6 is 11.6 Å². The fourth-order valence-electron chi connectivity index (χ4n) is 3.49. The summed E-state index contributed by atoms with van der Waals surface area (Å²) in [6, 6.07) is 5.77. The van der Waals surface area contributed by atoms with Crippen molar-refractivity contribution in [2.75, 3.05) is 18.6 Å². The highest BCUT2D eigenvalue weighted by Crippen LogP contribution is 2.37. The number of rotatable bonds is 5. The Bertz CT molecular complexity index is 1290. The van der Waals surface area contributed by atoms with Crippen LogP contribution in [0.1, 0.15) is 28.7 Å². The number of nitrogens with one attached hydrogen (secondary N) is 1. The number of hydrogen-bond donors (Lipinski definition) is 1. The number of fused-ring (bicyclic) bond motifs is 1. The summed E-state index contributed by atoms with van der Waals surface area (Å²) in [6.07, 6.45) is 1.18. The largest absolute Gasteiger partial charge is 0.489 e. The summed E-state index contributed by atoms with van der Waals surface area (Å²) in [4.78, 5) is 31.0. The first-order valence-corrected chi connectivity index (χ1v) is 10.6. The average molecular weight is 488 g/mol. The van der Waals surface area contributed by atoms with E-state index >= 15 is 0 Å². The fraction of sp³-hybridized carbons (Fsp3) is 0.217. The van der Waals surface area contributed by atoms with Crippen molar-refractivity contribution in [2.24, 2.45) is 0 Å². The van der Waals surface area contributed by atoms with Gasteiger partial charge in [0.15, 0.2) is 0 Å². The Morgan fingerprint density at radius 1 is 1.32 bits per heavy atom. The summed E-state index contributed by atoms with van der Waals surface area (Å²) >= 11 is 6.29. The second-order valence-electron chi connectivity index (χ2n) is 7.78. The van der Waals surface area contributed by atoms with Crippen molar-refractivity contribution in [3.8, 4) is 5.75 Å². The molecule has 0 aliphatic carbocycles. The summed E-state index contributed by atoms with van der Waals surface area (Å²) in [7, 11) is 1.56. The number of nitrogens with zero attached hydrogens (tertiary/aromatic N) is 4. The monoisotopic (exact) mass is 487 g/mol. The van der Waals surface area contributed by atoms with Crippen molar-refractivity contribution < 1.29 is 23.1 Å². The zero-order valence-electron chi connectivity index (χ0n) is 18.3. The molecule has 0 bridgehead atoms. The molecule has 0 spiro atoms. The highest BCUT2D eigenvalue weighted by atomic mass is 35.5. The van der Waals surface area contributed by atoms with Crippen LogP contribution < -0.4 is 15.0 Å². The number of likely N-dealkylation sites (N-methyl/N-ethyl adjacent to an activating group) is 1. The number of hydrogen-bond acceptors (Lipinski definition) is 5. The van der Waals surface area contributed by atoms with E-state index in [-0.39, 0.29) is 24.5 Å². The van der Waals surface area contributed by atoms with E-state index in [2.05, 4.69) is 22.0 Å². The number of aromatic nitrogens is 3. The van der Waals surface area contributed by atoms with Gasteiger partial charge in [0.25, 0.3) is 11.8 Å².